The standard InChI is InChI=1S/C19H26N6O2/c26-19(14-7-11-25(12-8-14)15-5-2-1-3-6-15)22-13-16-23-18(24-27-16)17-20-9-4-10-21-17/h4,9-10,14-15H,1-3,5-8,11-13H2,(H,22,26). The predicted molar refractivity (Wildman–Crippen MR) is 98.3 cm³/mol. The molecule has 1 aliphatic carbocycles. The minimum atomic E-state index is 0.0738. The first-order chi connectivity index (χ1) is 13.3. The van der Waals surface area contributed by atoms with Crippen molar-refractivity contribution >= 4 is 5.91 Å². The fourth-order valence-corrected chi connectivity index (χ4v) is 4.11. The van der Waals surface area contributed by atoms with Crippen molar-refractivity contribution in [3.8, 4) is 11.6 Å². The van der Waals surface area contributed by atoms with Crippen LogP contribution in [0.5, 0.6) is 0 Å². The molecule has 144 valence electrons. The van der Waals surface area contributed by atoms with E-state index in [2.05, 4.69) is 30.3 Å². The van der Waals surface area contributed by atoms with Gasteiger partial charge in [-0.25, -0.2) is 9.97 Å². The van der Waals surface area contributed by atoms with E-state index in [0.717, 1.165) is 32.0 Å². The summed E-state index contributed by atoms with van der Waals surface area (Å²) in [6.07, 6.45) is 11.8. The third kappa shape index (κ3) is 4.50. The van der Waals surface area contributed by atoms with Crippen LogP contribution in [0.3, 0.4) is 0 Å². The Kier molecular flexibility index (Phi) is 5.72. The molecule has 4 rings (SSSR count). The smallest absolute Gasteiger partial charge is 0.246 e. The minimum Gasteiger partial charge on any atom is -0.347 e. The molecule has 2 aromatic rings. The summed E-state index contributed by atoms with van der Waals surface area (Å²) in [6, 6.07) is 2.46. The quantitative estimate of drug-likeness (QED) is 0.861. The highest BCUT2D eigenvalue weighted by atomic mass is 16.5. The first-order valence-corrected chi connectivity index (χ1v) is 9.91. The third-order valence-corrected chi connectivity index (χ3v) is 5.64. The number of piperidine rings is 1. The topological polar surface area (TPSA) is 97.0 Å². The maximum atomic E-state index is 12.5. The van der Waals surface area contributed by atoms with Crippen LogP contribution in [0.2, 0.25) is 0 Å². The molecule has 1 aliphatic heterocycles. The fourth-order valence-electron chi connectivity index (χ4n) is 4.11. The Morgan fingerprint density at radius 2 is 1.81 bits per heavy atom. The van der Waals surface area contributed by atoms with Crippen molar-refractivity contribution in [2.24, 2.45) is 5.92 Å². The molecule has 2 aromatic heterocycles. The lowest BCUT2D eigenvalue weighted by Crippen LogP contribution is -2.45. The summed E-state index contributed by atoms with van der Waals surface area (Å²) in [5.41, 5.74) is 0. The van der Waals surface area contributed by atoms with Crippen LogP contribution in [-0.4, -0.2) is 50.0 Å². The van der Waals surface area contributed by atoms with E-state index in [1.807, 2.05) is 0 Å². The summed E-state index contributed by atoms with van der Waals surface area (Å²) in [6.45, 7) is 2.29. The molecule has 8 heteroatoms. The van der Waals surface area contributed by atoms with Gasteiger partial charge in [0.15, 0.2) is 0 Å². The highest BCUT2D eigenvalue weighted by Gasteiger charge is 2.29. The maximum Gasteiger partial charge on any atom is 0.246 e. The molecule has 1 amide bonds. The predicted octanol–water partition coefficient (Wildman–Crippen LogP) is 2.19. The van der Waals surface area contributed by atoms with E-state index in [-0.39, 0.29) is 18.4 Å². The molecule has 0 atom stereocenters. The maximum absolute atomic E-state index is 12.5. The molecule has 1 saturated heterocycles. The normalized spacial score (nSPS) is 19.9. The fraction of sp³-hybridized carbons (Fsp3) is 0.632. The van der Waals surface area contributed by atoms with Gasteiger partial charge in [0.2, 0.25) is 23.4 Å². The van der Waals surface area contributed by atoms with E-state index in [0.29, 0.717) is 17.5 Å². The summed E-state index contributed by atoms with van der Waals surface area (Å²) in [5.74, 6) is 1.26. The lowest BCUT2D eigenvalue weighted by atomic mass is 9.90. The minimum absolute atomic E-state index is 0.0738. The second kappa shape index (κ2) is 8.56. The Hall–Kier alpha value is -2.35. The monoisotopic (exact) mass is 370 g/mol. The van der Waals surface area contributed by atoms with Crippen molar-refractivity contribution in [3.05, 3.63) is 24.4 Å². The van der Waals surface area contributed by atoms with Gasteiger partial charge in [-0.1, -0.05) is 24.4 Å². The van der Waals surface area contributed by atoms with Crippen LogP contribution in [-0.2, 0) is 11.3 Å². The number of hydrogen-bond acceptors (Lipinski definition) is 7. The first-order valence-electron chi connectivity index (χ1n) is 9.91. The molecule has 0 radical (unpaired) electrons. The second-order valence-electron chi connectivity index (χ2n) is 7.40. The third-order valence-electron chi connectivity index (χ3n) is 5.64. The van der Waals surface area contributed by atoms with Gasteiger partial charge in [0.05, 0.1) is 6.54 Å². The van der Waals surface area contributed by atoms with Gasteiger partial charge in [-0.3, -0.25) is 4.79 Å². The van der Waals surface area contributed by atoms with Gasteiger partial charge in [-0.2, -0.15) is 4.98 Å². The number of likely N-dealkylation sites (tertiary alicyclic amines) is 1. The zero-order valence-electron chi connectivity index (χ0n) is 15.5. The summed E-state index contributed by atoms with van der Waals surface area (Å²) in [7, 11) is 0. The van der Waals surface area contributed by atoms with E-state index >= 15 is 0 Å². The molecule has 2 aliphatic rings. The number of nitrogens with zero attached hydrogens (tertiary/aromatic N) is 5. The number of hydrogen-bond donors (Lipinski definition) is 1. The zero-order chi connectivity index (χ0) is 18.5. The van der Waals surface area contributed by atoms with E-state index in [4.69, 9.17) is 4.52 Å². The molecule has 0 aromatic carbocycles. The highest BCUT2D eigenvalue weighted by Crippen LogP contribution is 2.27. The lowest BCUT2D eigenvalue weighted by molar-refractivity contribution is -0.127. The number of carbonyl (C=O) groups excluding carboxylic acids is 1. The van der Waals surface area contributed by atoms with Crippen LogP contribution in [0.1, 0.15) is 50.8 Å². The number of nitrogens with one attached hydrogen (secondary N) is 1. The number of rotatable bonds is 5. The van der Waals surface area contributed by atoms with Crippen LogP contribution in [0, 0.1) is 5.92 Å². The van der Waals surface area contributed by atoms with E-state index < -0.39 is 0 Å². The SMILES string of the molecule is O=C(NCc1nc(-c2ncccn2)no1)C1CCN(C2CCCCC2)CC1. The van der Waals surface area contributed by atoms with Crippen molar-refractivity contribution in [1.29, 1.82) is 0 Å². The van der Waals surface area contributed by atoms with Crippen LogP contribution < -0.4 is 5.32 Å². The van der Waals surface area contributed by atoms with E-state index in [1.165, 1.54) is 32.1 Å². The Balaban J connectivity index is 1.24. The molecule has 27 heavy (non-hydrogen) atoms. The number of amides is 1. The molecule has 1 saturated carbocycles. The molecular weight excluding hydrogens is 344 g/mol. The summed E-state index contributed by atoms with van der Waals surface area (Å²) in [5, 5.41) is 6.80. The molecule has 0 unspecified atom stereocenters. The van der Waals surface area contributed by atoms with Crippen LogP contribution in [0.25, 0.3) is 11.6 Å². The summed E-state index contributed by atoms with van der Waals surface area (Å²) >= 11 is 0. The summed E-state index contributed by atoms with van der Waals surface area (Å²) in [4.78, 5) is 27.5. The Morgan fingerprint density at radius 1 is 1.07 bits per heavy atom. The van der Waals surface area contributed by atoms with Crippen molar-refractivity contribution in [3.63, 3.8) is 0 Å². The van der Waals surface area contributed by atoms with Gasteiger partial charge in [-0.05, 0) is 44.8 Å². The van der Waals surface area contributed by atoms with Crippen molar-refractivity contribution in [2.45, 2.75) is 57.5 Å². The largest absolute Gasteiger partial charge is 0.347 e. The van der Waals surface area contributed by atoms with Gasteiger partial charge in [-0.15, -0.1) is 0 Å². The van der Waals surface area contributed by atoms with Crippen LogP contribution >= 0.6 is 0 Å². The van der Waals surface area contributed by atoms with E-state index in [9.17, 15) is 4.79 Å². The lowest BCUT2D eigenvalue weighted by Gasteiger charge is -2.38. The average molecular weight is 370 g/mol. The van der Waals surface area contributed by atoms with Gasteiger partial charge in [0.25, 0.3) is 0 Å². The highest BCUT2D eigenvalue weighted by molar-refractivity contribution is 5.78. The molecular formula is C19H26N6O2. The average Bonchev–Trinajstić information content (AvgIpc) is 3.22. The van der Waals surface area contributed by atoms with Crippen molar-refractivity contribution in [2.75, 3.05) is 13.1 Å². The Morgan fingerprint density at radius 3 is 2.56 bits per heavy atom. The van der Waals surface area contributed by atoms with Crippen molar-refractivity contribution < 1.29 is 9.32 Å². The molecule has 2 fully saturated rings. The van der Waals surface area contributed by atoms with Gasteiger partial charge in [0, 0.05) is 24.4 Å². The van der Waals surface area contributed by atoms with Gasteiger partial charge < -0.3 is 14.7 Å². The molecule has 1 N–H and O–H groups in total. The summed E-state index contributed by atoms with van der Waals surface area (Å²) < 4.78 is 5.19. The van der Waals surface area contributed by atoms with Crippen molar-refractivity contribution in [1.82, 2.24) is 30.3 Å². The number of aromatic nitrogens is 4. The van der Waals surface area contributed by atoms with Crippen LogP contribution in [0.15, 0.2) is 23.0 Å². The second-order valence-corrected chi connectivity index (χ2v) is 7.40. The Labute approximate surface area is 158 Å². The first kappa shape index (κ1) is 18.0. The molecule has 3 heterocycles. The zero-order valence-corrected chi connectivity index (χ0v) is 15.5. The van der Waals surface area contributed by atoms with Gasteiger partial charge >= 0.3 is 0 Å². The number of carbonyl (C=O) groups is 1. The van der Waals surface area contributed by atoms with E-state index in [1.54, 1.807) is 18.5 Å². The molecule has 0 spiro atoms. The Bertz CT molecular complexity index is 736. The molecule has 0 bridgehead atoms. The molecule has 8 nitrogen and oxygen atoms in total. The van der Waals surface area contributed by atoms with Gasteiger partial charge in [0.1, 0.15) is 0 Å². The van der Waals surface area contributed by atoms with Crippen LogP contribution in [0.4, 0.5) is 0 Å².